The largest absolute Gasteiger partial charge is 0.457 e. The van der Waals surface area contributed by atoms with E-state index >= 15 is 0 Å². The van der Waals surface area contributed by atoms with Gasteiger partial charge in [0, 0.05) is 5.33 Å². The molecular weight excluding hydrogens is 276 g/mol. The van der Waals surface area contributed by atoms with Gasteiger partial charge in [0.15, 0.2) is 0 Å². The molecule has 0 aliphatic heterocycles. The van der Waals surface area contributed by atoms with Gasteiger partial charge in [-0.1, -0.05) is 53.2 Å². The number of aryl methyl sites for hydroxylation is 1. The molecule has 0 saturated heterocycles. The first kappa shape index (κ1) is 12.2. The Labute approximate surface area is 111 Å². The van der Waals surface area contributed by atoms with Crippen molar-refractivity contribution in [3.8, 4) is 11.5 Å². The summed E-state index contributed by atoms with van der Waals surface area (Å²) in [4.78, 5) is 0. The molecule has 0 aliphatic carbocycles. The van der Waals surface area contributed by atoms with Gasteiger partial charge in [-0.05, 0) is 35.7 Å². The minimum atomic E-state index is 0.874. The summed E-state index contributed by atoms with van der Waals surface area (Å²) in [6.07, 6.45) is 0.982. The first-order chi connectivity index (χ1) is 8.33. The molecule has 17 heavy (non-hydrogen) atoms. The second-order valence-electron chi connectivity index (χ2n) is 3.84. The maximum atomic E-state index is 5.88. The van der Waals surface area contributed by atoms with Crippen LogP contribution in [0.1, 0.15) is 18.1 Å². The molecular formula is C15H15BrO. The molecule has 0 saturated carbocycles. The van der Waals surface area contributed by atoms with Gasteiger partial charge in [-0.25, -0.2) is 0 Å². The Morgan fingerprint density at radius 1 is 1.00 bits per heavy atom. The normalized spacial score (nSPS) is 10.2. The van der Waals surface area contributed by atoms with Crippen molar-refractivity contribution in [1.82, 2.24) is 0 Å². The molecule has 2 aromatic carbocycles. The number of rotatable bonds is 4. The van der Waals surface area contributed by atoms with Crippen LogP contribution in [0.3, 0.4) is 0 Å². The Hall–Kier alpha value is -1.28. The minimum absolute atomic E-state index is 0.874. The van der Waals surface area contributed by atoms with Gasteiger partial charge in [0.25, 0.3) is 0 Å². The van der Waals surface area contributed by atoms with Gasteiger partial charge in [0.2, 0.25) is 0 Å². The van der Waals surface area contributed by atoms with E-state index in [-0.39, 0.29) is 0 Å². The minimum Gasteiger partial charge on any atom is -0.457 e. The quantitative estimate of drug-likeness (QED) is 0.725. The number of hydrogen-bond donors (Lipinski definition) is 0. The predicted molar refractivity (Wildman–Crippen MR) is 75.0 cm³/mol. The van der Waals surface area contributed by atoms with Crippen LogP contribution in [0.5, 0.6) is 11.5 Å². The van der Waals surface area contributed by atoms with Crippen molar-refractivity contribution in [3.63, 3.8) is 0 Å². The zero-order valence-electron chi connectivity index (χ0n) is 9.82. The molecule has 0 aromatic heterocycles. The molecule has 0 bridgehead atoms. The number of benzene rings is 2. The van der Waals surface area contributed by atoms with Crippen LogP contribution in [-0.2, 0) is 11.8 Å². The zero-order chi connectivity index (χ0) is 12.1. The van der Waals surface area contributed by atoms with Crippen LogP contribution in [0.25, 0.3) is 0 Å². The fourth-order valence-corrected chi connectivity index (χ4v) is 2.04. The summed E-state index contributed by atoms with van der Waals surface area (Å²) in [7, 11) is 0. The van der Waals surface area contributed by atoms with Crippen LogP contribution in [0.4, 0.5) is 0 Å². The SMILES string of the molecule is CCc1ccccc1Oc1ccc(CBr)cc1. The lowest BCUT2D eigenvalue weighted by Crippen LogP contribution is -1.90. The maximum absolute atomic E-state index is 5.88. The molecule has 0 N–H and O–H groups in total. The highest BCUT2D eigenvalue weighted by molar-refractivity contribution is 9.08. The Bertz CT molecular complexity index is 477. The van der Waals surface area contributed by atoms with Gasteiger partial charge in [0.05, 0.1) is 0 Å². The highest BCUT2D eigenvalue weighted by Crippen LogP contribution is 2.25. The Morgan fingerprint density at radius 2 is 1.71 bits per heavy atom. The van der Waals surface area contributed by atoms with Crippen LogP contribution < -0.4 is 4.74 Å². The summed E-state index contributed by atoms with van der Waals surface area (Å²) in [6.45, 7) is 2.14. The summed E-state index contributed by atoms with van der Waals surface area (Å²) in [5.41, 5.74) is 2.48. The smallest absolute Gasteiger partial charge is 0.130 e. The molecule has 1 nitrogen and oxygen atoms in total. The maximum Gasteiger partial charge on any atom is 0.130 e. The molecule has 0 amide bonds. The van der Waals surface area contributed by atoms with Crippen LogP contribution >= 0.6 is 15.9 Å². The van der Waals surface area contributed by atoms with Crippen molar-refractivity contribution in [2.45, 2.75) is 18.7 Å². The monoisotopic (exact) mass is 290 g/mol. The van der Waals surface area contributed by atoms with Gasteiger partial charge in [-0.2, -0.15) is 0 Å². The van der Waals surface area contributed by atoms with Crippen molar-refractivity contribution >= 4 is 15.9 Å². The van der Waals surface area contributed by atoms with E-state index in [1.165, 1.54) is 11.1 Å². The average Bonchev–Trinajstić information content (AvgIpc) is 2.40. The molecule has 2 rings (SSSR count). The van der Waals surface area contributed by atoms with Crippen LogP contribution in [-0.4, -0.2) is 0 Å². The van der Waals surface area contributed by atoms with Crippen molar-refractivity contribution in [1.29, 1.82) is 0 Å². The van der Waals surface area contributed by atoms with E-state index in [0.29, 0.717) is 0 Å². The summed E-state index contributed by atoms with van der Waals surface area (Å²) >= 11 is 3.43. The number of para-hydroxylation sites is 1. The standard InChI is InChI=1S/C15H15BrO/c1-2-13-5-3-4-6-15(13)17-14-9-7-12(11-16)8-10-14/h3-10H,2,11H2,1H3. The molecule has 0 unspecified atom stereocenters. The molecule has 0 radical (unpaired) electrons. The average molecular weight is 291 g/mol. The predicted octanol–water partition coefficient (Wildman–Crippen LogP) is 4.94. The molecule has 2 heteroatoms. The lowest BCUT2D eigenvalue weighted by Gasteiger charge is -2.09. The van der Waals surface area contributed by atoms with Crippen LogP contribution in [0.15, 0.2) is 48.5 Å². The molecule has 0 spiro atoms. The summed E-state index contributed by atoms with van der Waals surface area (Å²) in [5.74, 6) is 1.83. The molecule has 0 atom stereocenters. The van der Waals surface area contributed by atoms with Crippen molar-refractivity contribution < 1.29 is 4.74 Å². The topological polar surface area (TPSA) is 9.23 Å². The van der Waals surface area contributed by atoms with E-state index in [4.69, 9.17) is 4.74 Å². The van der Waals surface area contributed by atoms with Gasteiger partial charge in [-0.3, -0.25) is 0 Å². The number of hydrogen-bond acceptors (Lipinski definition) is 1. The summed E-state index contributed by atoms with van der Waals surface area (Å²) < 4.78 is 5.88. The number of ether oxygens (including phenoxy) is 1. The zero-order valence-corrected chi connectivity index (χ0v) is 11.4. The molecule has 2 aromatic rings. The van der Waals surface area contributed by atoms with Gasteiger partial charge in [-0.15, -0.1) is 0 Å². The Balaban J connectivity index is 2.19. The third-order valence-corrected chi connectivity index (χ3v) is 3.31. The van der Waals surface area contributed by atoms with Crippen LogP contribution in [0, 0.1) is 0 Å². The van der Waals surface area contributed by atoms with E-state index in [1.54, 1.807) is 0 Å². The van der Waals surface area contributed by atoms with Gasteiger partial charge < -0.3 is 4.74 Å². The van der Waals surface area contributed by atoms with Crippen molar-refractivity contribution in [3.05, 3.63) is 59.7 Å². The van der Waals surface area contributed by atoms with Crippen molar-refractivity contribution in [2.24, 2.45) is 0 Å². The molecule has 0 aliphatic rings. The molecule has 0 heterocycles. The molecule has 0 fully saturated rings. The first-order valence-corrected chi connectivity index (χ1v) is 6.86. The van der Waals surface area contributed by atoms with Gasteiger partial charge >= 0.3 is 0 Å². The fourth-order valence-electron chi connectivity index (χ4n) is 1.67. The van der Waals surface area contributed by atoms with E-state index in [9.17, 15) is 0 Å². The van der Waals surface area contributed by atoms with E-state index in [2.05, 4.69) is 41.1 Å². The highest BCUT2D eigenvalue weighted by Gasteiger charge is 2.02. The number of alkyl halides is 1. The lowest BCUT2D eigenvalue weighted by atomic mass is 10.1. The second kappa shape index (κ2) is 5.87. The van der Waals surface area contributed by atoms with E-state index in [0.717, 1.165) is 23.2 Å². The van der Waals surface area contributed by atoms with E-state index < -0.39 is 0 Å². The summed E-state index contributed by atoms with van der Waals surface area (Å²) in [5, 5.41) is 0.874. The third kappa shape index (κ3) is 3.10. The lowest BCUT2D eigenvalue weighted by molar-refractivity contribution is 0.476. The fraction of sp³-hybridized carbons (Fsp3) is 0.200. The Kier molecular flexibility index (Phi) is 4.21. The third-order valence-electron chi connectivity index (χ3n) is 2.66. The highest BCUT2D eigenvalue weighted by atomic mass is 79.9. The van der Waals surface area contributed by atoms with Gasteiger partial charge in [0.1, 0.15) is 11.5 Å². The second-order valence-corrected chi connectivity index (χ2v) is 4.40. The Morgan fingerprint density at radius 3 is 2.35 bits per heavy atom. The molecule has 88 valence electrons. The summed E-state index contributed by atoms with van der Waals surface area (Å²) in [6, 6.07) is 16.3. The van der Waals surface area contributed by atoms with Crippen LogP contribution in [0.2, 0.25) is 0 Å². The van der Waals surface area contributed by atoms with E-state index in [1.807, 2.05) is 30.3 Å². The van der Waals surface area contributed by atoms with Crippen molar-refractivity contribution in [2.75, 3.05) is 0 Å². The first-order valence-electron chi connectivity index (χ1n) is 5.74. The number of halogens is 1.